The minimum Gasteiger partial charge on any atom is -0.362 e. The number of piperazine rings is 1. The van der Waals surface area contributed by atoms with Crippen LogP contribution in [0.1, 0.15) is 11.1 Å². The number of imidazole rings is 1. The molecule has 8 nitrogen and oxygen atoms in total. The normalized spacial score (nSPS) is 13.9. The van der Waals surface area contributed by atoms with Crippen LogP contribution in [0.3, 0.4) is 0 Å². The van der Waals surface area contributed by atoms with Gasteiger partial charge in [0.15, 0.2) is 5.16 Å². The van der Waals surface area contributed by atoms with E-state index in [1.165, 1.54) is 29.0 Å². The summed E-state index contributed by atoms with van der Waals surface area (Å²) in [5.41, 5.74) is 4.17. The van der Waals surface area contributed by atoms with Crippen LogP contribution in [-0.4, -0.2) is 57.2 Å². The van der Waals surface area contributed by atoms with Gasteiger partial charge in [-0.1, -0.05) is 30.0 Å². The molecule has 1 aliphatic rings. The molecule has 0 atom stereocenters. The van der Waals surface area contributed by atoms with E-state index in [4.69, 9.17) is 0 Å². The van der Waals surface area contributed by atoms with Crippen molar-refractivity contribution >= 4 is 29.0 Å². The minimum atomic E-state index is -0.360. The molecule has 0 spiro atoms. The fourth-order valence-electron chi connectivity index (χ4n) is 3.77. The highest BCUT2D eigenvalue weighted by atomic mass is 32.2. The zero-order valence-electron chi connectivity index (χ0n) is 18.1. The molecule has 32 heavy (non-hydrogen) atoms. The number of aryl methyl sites for hydroxylation is 2. The van der Waals surface area contributed by atoms with Crippen molar-refractivity contribution in [1.29, 1.82) is 0 Å². The molecule has 4 rings (SSSR count). The number of amides is 1. The van der Waals surface area contributed by atoms with Crippen LogP contribution in [0.25, 0.3) is 5.69 Å². The van der Waals surface area contributed by atoms with Crippen LogP contribution >= 0.6 is 11.8 Å². The van der Waals surface area contributed by atoms with Gasteiger partial charge < -0.3 is 9.80 Å². The van der Waals surface area contributed by atoms with Gasteiger partial charge in [0.25, 0.3) is 5.69 Å². The number of hydrogen-bond acceptors (Lipinski definition) is 6. The standard InChI is InChI=1S/C23H25N5O3S/c1-17-7-8-19(15-18(17)2)27-10-9-24-23(27)32-16-22(29)26-13-11-25(12-14-26)20-5-3-4-6-21(20)28(30)31/h3-10,15H,11-14,16H2,1-2H3. The van der Waals surface area contributed by atoms with Gasteiger partial charge in [0.1, 0.15) is 5.69 Å². The van der Waals surface area contributed by atoms with Gasteiger partial charge in [0, 0.05) is 50.3 Å². The van der Waals surface area contributed by atoms with Gasteiger partial charge in [-0.2, -0.15) is 0 Å². The molecule has 0 aliphatic carbocycles. The SMILES string of the molecule is Cc1ccc(-n2ccnc2SCC(=O)N2CCN(c3ccccc3[N+](=O)[O-])CC2)cc1C. The summed E-state index contributed by atoms with van der Waals surface area (Å²) in [6.07, 6.45) is 3.65. The first-order valence-electron chi connectivity index (χ1n) is 10.4. The Labute approximate surface area is 191 Å². The molecular formula is C23H25N5O3S. The van der Waals surface area contributed by atoms with Crippen molar-refractivity contribution in [3.63, 3.8) is 0 Å². The first-order valence-corrected chi connectivity index (χ1v) is 11.4. The number of aromatic nitrogens is 2. The van der Waals surface area contributed by atoms with E-state index in [0.717, 1.165) is 10.8 Å². The number of benzene rings is 2. The number of anilines is 1. The van der Waals surface area contributed by atoms with Crippen LogP contribution in [0.4, 0.5) is 11.4 Å². The van der Waals surface area contributed by atoms with Crippen LogP contribution in [0.15, 0.2) is 60.0 Å². The lowest BCUT2D eigenvalue weighted by atomic mass is 10.1. The predicted octanol–water partition coefficient (Wildman–Crippen LogP) is 3.84. The van der Waals surface area contributed by atoms with Crippen molar-refractivity contribution in [3.8, 4) is 5.69 Å². The summed E-state index contributed by atoms with van der Waals surface area (Å²) < 4.78 is 2.00. The monoisotopic (exact) mass is 451 g/mol. The van der Waals surface area contributed by atoms with Gasteiger partial charge in [0.2, 0.25) is 5.91 Å². The number of thioether (sulfide) groups is 1. The summed E-state index contributed by atoms with van der Waals surface area (Å²) >= 11 is 1.42. The summed E-state index contributed by atoms with van der Waals surface area (Å²) in [7, 11) is 0. The lowest BCUT2D eigenvalue weighted by molar-refractivity contribution is -0.384. The van der Waals surface area contributed by atoms with Crippen LogP contribution in [0.5, 0.6) is 0 Å². The first-order chi connectivity index (χ1) is 15.4. The number of carbonyl (C=O) groups excluding carboxylic acids is 1. The average Bonchev–Trinajstić information content (AvgIpc) is 3.28. The second kappa shape index (κ2) is 9.44. The fourth-order valence-corrected chi connectivity index (χ4v) is 4.64. The van der Waals surface area contributed by atoms with Crippen LogP contribution in [0.2, 0.25) is 0 Å². The van der Waals surface area contributed by atoms with Crippen LogP contribution < -0.4 is 4.90 Å². The molecule has 0 radical (unpaired) electrons. The van der Waals surface area contributed by atoms with Crippen molar-refractivity contribution in [3.05, 3.63) is 76.1 Å². The van der Waals surface area contributed by atoms with Gasteiger partial charge >= 0.3 is 0 Å². The van der Waals surface area contributed by atoms with Crippen LogP contribution in [-0.2, 0) is 4.79 Å². The molecule has 1 amide bonds. The summed E-state index contributed by atoms with van der Waals surface area (Å²) in [6.45, 7) is 6.37. The van der Waals surface area contributed by atoms with E-state index in [0.29, 0.717) is 37.6 Å². The van der Waals surface area contributed by atoms with E-state index < -0.39 is 0 Å². The highest BCUT2D eigenvalue weighted by molar-refractivity contribution is 7.99. The highest BCUT2D eigenvalue weighted by Crippen LogP contribution is 2.28. The third-order valence-corrected chi connectivity index (χ3v) is 6.70. The fraction of sp³-hybridized carbons (Fsp3) is 0.304. The van der Waals surface area contributed by atoms with Gasteiger partial charge in [-0.15, -0.1) is 0 Å². The first kappa shape index (κ1) is 21.9. The molecule has 1 aromatic heterocycles. The topological polar surface area (TPSA) is 84.5 Å². The zero-order valence-corrected chi connectivity index (χ0v) is 18.9. The molecule has 1 saturated heterocycles. The third kappa shape index (κ3) is 4.62. The molecule has 9 heteroatoms. The van der Waals surface area contributed by atoms with Crippen LogP contribution in [0, 0.1) is 24.0 Å². The second-order valence-electron chi connectivity index (χ2n) is 7.75. The molecular weight excluding hydrogens is 426 g/mol. The lowest BCUT2D eigenvalue weighted by Crippen LogP contribution is -2.49. The third-order valence-electron chi connectivity index (χ3n) is 5.75. The van der Waals surface area contributed by atoms with E-state index in [1.807, 2.05) is 20.6 Å². The Morgan fingerprint density at radius 3 is 2.56 bits per heavy atom. The summed E-state index contributed by atoms with van der Waals surface area (Å²) in [5, 5.41) is 12.1. The highest BCUT2D eigenvalue weighted by Gasteiger charge is 2.25. The van der Waals surface area contributed by atoms with Gasteiger partial charge in [0.05, 0.1) is 10.7 Å². The van der Waals surface area contributed by atoms with Crippen molar-refractivity contribution in [2.45, 2.75) is 19.0 Å². The van der Waals surface area contributed by atoms with E-state index in [9.17, 15) is 14.9 Å². The number of para-hydroxylation sites is 2. The predicted molar refractivity (Wildman–Crippen MR) is 126 cm³/mol. The van der Waals surface area contributed by atoms with E-state index >= 15 is 0 Å². The Hall–Kier alpha value is -3.33. The van der Waals surface area contributed by atoms with Crippen molar-refractivity contribution in [2.75, 3.05) is 36.8 Å². The summed E-state index contributed by atoms with van der Waals surface area (Å²) in [5.74, 6) is 0.347. The summed E-state index contributed by atoms with van der Waals surface area (Å²) in [6, 6.07) is 13.0. The van der Waals surface area contributed by atoms with Crippen molar-refractivity contribution in [2.24, 2.45) is 0 Å². The molecule has 0 bridgehead atoms. The Morgan fingerprint density at radius 2 is 1.84 bits per heavy atom. The maximum absolute atomic E-state index is 12.8. The molecule has 0 N–H and O–H groups in total. The molecule has 1 fully saturated rings. The lowest BCUT2D eigenvalue weighted by Gasteiger charge is -2.35. The number of rotatable bonds is 6. The largest absolute Gasteiger partial charge is 0.362 e. The van der Waals surface area contributed by atoms with Crippen molar-refractivity contribution in [1.82, 2.24) is 14.5 Å². The molecule has 0 saturated carbocycles. The van der Waals surface area contributed by atoms with Gasteiger partial charge in [-0.3, -0.25) is 19.5 Å². The maximum atomic E-state index is 12.8. The number of nitro benzene ring substituents is 1. The Morgan fingerprint density at radius 1 is 1.09 bits per heavy atom. The molecule has 1 aliphatic heterocycles. The Kier molecular flexibility index (Phi) is 6.45. The number of nitro groups is 1. The smallest absolute Gasteiger partial charge is 0.292 e. The molecule has 2 heterocycles. The van der Waals surface area contributed by atoms with E-state index in [-0.39, 0.29) is 16.5 Å². The molecule has 2 aromatic carbocycles. The number of carbonyl (C=O) groups is 1. The average molecular weight is 452 g/mol. The number of hydrogen-bond donors (Lipinski definition) is 0. The van der Waals surface area contributed by atoms with E-state index in [1.54, 1.807) is 24.4 Å². The molecule has 0 unspecified atom stereocenters. The zero-order chi connectivity index (χ0) is 22.7. The quantitative estimate of drug-likeness (QED) is 0.322. The second-order valence-corrected chi connectivity index (χ2v) is 8.69. The maximum Gasteiger partial charge on any atom is 0.292 e. The summed E-state index contributed by atoms with van der Waals surface area (Å²) in [4.78, 5) is 32.0. The molecule has 166 valence electrons. The van der Waals surface area contributed by atoms with Gasteiger partial charge in [-0.05, 0) is 43.2 Å². The van der Waals surface area contributed by atoms with Gasteiger partial charge in [-0.25, -0.2) is 4.98 Å². The Bertz CT molecular complexity index is 1140. The number of nitrogens with zero attached hydrogens (tertiary/aromatic N) is 5. The Balaban J connectivity index is 1.35. The minimum absolute atomic E-state index is 0.0480. The molecule has 3 aromatic rings. The van der Waals surface area contributed by atoms with E-state index in [2.05, 4.69) is 37.0 Å². The van der Waals surface area contributed by atoms with Crippen molar-refractivity contribution < 1.29 is 9.72 Å².